The highest BCUT2D eigenvalue weighted by Gasteiger charge is 2.01. The highest BCUT2D eigenvalue weighted by molar-refractivity contribution is 5.90. The van der Waals surface area contributed by atoms with Gasteiger partial charge in [-0.1, -0.05) is 12.1 Å². The molecule has 1 aromatic rings. The number of carbonyl (C=O) groups excluding carboxylic acids is 1. The van der Waals surface area contributed by atoms with Gasteiger partial charge in [-0.3, -0.25) is 4.79 Å². The molecule has 0 saturated carbocycles. The maximum absolute atomic E-state index is 10.9. The first-order valence-corrected chi connectivity index (χ1v) is 4.86. The van der Waals surface area contributed by atoms with E-state index in [1.54, 1.807) is 6.08 Å². The zero-order valence-corrected chi connectivity index (χ0v) is 9.13. The molecule has 3 heteroatoms. The molecule has 3 nitrogen and oxygen atoms in total. The summed E-state index contributed by atoms with van der Waals surface area (Å²) in [4.78, 5) is 10.9. The fraction of sp³-hybridized carbons (Fsp3) is 0.250. The highest BCUT2D eigenvalue weighted by Crippen LogP contribution is 2.19. The topological polar surface area (TPSA) is 41.1 Å². The molecule has 0 aliphatic heterocycles. The van der Waals surface area contributed by atoms with Crippen LogP contribution in [0.5, 0.6) is 0 Å². The third kappa shape index (κ3) is 3.46. The number of carbonyl (C=O) groups is 1. The molecule has 0 aromatic heterocycles. The molecule has 0 aliphatic carbocycles. The second-order valence-electron chi connectivity index (χ2n) is 3.38. The van der Waals surface area contributed by atoms with Crippen molar-refractivity contribution in [2.45, 2.75) is 13.8 Å². The van der Waals surface area contributed by atoms with Crippen LogP contribution in [0.3, 0.4) is 0 Å². The summed E-state index contributed by atoms with van der Waals surface area (Å²) in [7, 11) is 0. The average Bonchev–Trinajstić information content (AvgIpc) is 2.18. The monoisotopic (exact) mass is 204 g/mol. The minimum atomic E-state index is -0.0565. The summed E-state index contributed by atoms with van der Waals surface area (Å²) >= 11 is 0. The van der Waals surface area contributed by atoms with Crippen LogP contribution in [-0.4, -0.2) is 12.5 Å². The Kier molecular flexibility index (Phi) is 3.92. The summed E-state index contributed by atoms with van der Waals surface area (Å²) < 4.78 is 0. The summed E-state index contributed by atoms with van der Waals surface area (Å²) in [5, 5.41) is 5.95. The van der Waals surface area contributed by atoms with Gasteiger partial charge >= 0.3 is 0 Å². The molecule has 1 aromatic carbocycles. The lowest BCUT2D eigenvalue weighted by molar-refractivity contribution is -0.114. The van der Waals surface area contributed by atoms with Crippen LogP contribution in [0.25, 0.3) is 0 Å². The van der Waals surface area contributed by atoms with Gasteiger partial charge in [-0.05, 0) is 24.6 Å². The summed E-state index contributed by atoms with van der Waals surface area (Å²) in [6.07, 6.45) is 1.79. The van der Waals surface area contributed by atoms with Gasteiger partial charge in [-0.15, -0.1) is 6.58 Å². The molecular formula is C12H16N2O. The molecule has 0 spiro atoms. The van der Waals surface area contributed by atoms with Crippen LogP contribution in [0.2, 0.25) is 0 Å². The number of amides is 1. The fourth-order valence-electron chi connectivity index (χ4n) is 1.25. The van der Waals surface area contributed by atoms with E-state index < -0.39 is 0 Å². The average molecular weight is 204 g/mol. The molecule has 0 bridgehead atoms. The first kappa shape index (κ1) is 11.3. The Morgan fingerprint density at radius 2 is 2.27 bits per heavy atom. The van der Waals surface area contributed by atoms with Gasteiger partial charge in [0, 0.05) is 24.8 Å². The zero-order valence-electron chi connectivity index (χ0n) is 9.13. The van der Waals surface area contributed by atoms with Crippen LogP contribution in [0.4, 0.5) is 11.4 Å². The minimum Gasteiger partial charge on any atom is -0.382 e. The van der Waals surface area contributed by atoms with Crippen LogP contribution in [0, 0.1) is 6.92 Å². The Morgan fingerprint density at radius 3 is 2.87 bits per heavy atom. The number of aryl methyl sites for hydroxylation is 1. The van der Waals surface area contributed by atoms with Gasteiger partial charge in [0.1, 0.15) is 0 Å². The molecule has 80 valence electrons. The second kappa shape index (κ2) is 5.20. The van der Waals surface area contributed by atoms with Crippen LogP contribution in [0.1, 0.15) is 12.5 Å². The Balaban J connectivity index is 2.84. The van der Waals surface area contributed by atoms with E-state index in [2.05, 4.69) is 17.2 Å². The van der Waals surface area contributed by atoms with Gasteiger partial charge in [-0.2, -0.15) is 0 Å². The quantitative estimate of drug-likeness (QED) is 0.740. The molecule has 0 heterocycles. The number of anilines is 2. The molecule has 0 fully saturated rings. The number of rotatable bonds is 4. The Labute approximate surface area is 90.2 Å². The Bertz CT molecular complexity index is 372. The van der Waals surface area contributed by atoms with Gasteiger partial charge in [0.2, 0.25) is 5.91 Å². The third-order valence-electron chi connectivity index (χ3n) is 2.00. The second-order valence-corrected chi connectivity index (χ2v) is 3.38. The molecule has 2 N–H and O–H groups in total. The molecule has 15 heavy (non-hydrogen) atoms. The predicted molar refractivity (Wildman–Crippen MR) is 64.2 cm³/mol. The summed E-state index contributed by atoms with van der Waals surface area (Å²) in [6.45, 7) is 7.81. The van der Waals surface area contributed by atoms with Crippen molar-refractivity contribution in [1.82, 2.24) is 0 Å². The molecule has 1 amide bonds. The van der Waals surface area contributed by atoms with Crippen LogP contribution >= 0.6 is 0 Å². The number of hydrogen-bond donors (Lipinski definition) is 2. The number of benzene rings is 1. The van der Waals surface area contributed by atoms with Crippen molar-refractivity contribution in [2.24, 2.45) is 0 Å². The van der Waals surface area contributed by atoms with E-state index in [1.165, 1.54) is 6.92 Å². The smallest absolute Gasteiger partial charge is 0.221 e. The lowest BCUT2D eigenvalue weighted by Gasteiger charge is -2.09. The third-order valence-corrected chi connectivity index (χ3v) is 2.00. The van der Waals surface area contributed by atoms with E-state index >= 15 is 0 Å². The van der Waals surface area contributed by atoms with E-state index in [0.717, 1.165) is 16.9 Å². The fourth-order valence-corrected chi connectivity index (χ4v) is 1.25. The van der Waals surface area contributed by atoms with E-state index in [4.69, 9.17) is 0 Å². The summed E-state index contributed by atoms with van der Waals surface area (Å²) in [5.41, 5.74) is 2.87. The predicted octanol–water partition coefficient (Wildman–Crippen LogP) is 2.55. The van der Waals surface area contributed by atoms with Crippen molar-refractivity contribution < 1.29 is 4.79 Å². The van der Waals surface area contributed by atoms with Crippen molar-refractivity contribution in [1.29, 1.82) is 0 Å². The SMILES string of the molecule is C=CCNc1ccc(C)c(NC(C)=O)c1. The van der Waals surface area contributed by atoms with Gasteiger partial charge in [0.25, 0.3) is 0 Å². The minimum absolute atomic E-state index is 0.0565. The highest BCUT2D eigenvalue weighted by atomic mass is 16.1. The van der Waals surface area contributed by atoms with Crippen molar-refractivity contribution in [3.63, 3.8) is 0 Å². The van der Waals surface area contributed by atoms with Gasteiger partial charge in [0.05, 0.1) is 0 Å². The lowest BCUT2D eigenvalue weighted by atomic mass is 10.2. The number of nitrogens with one attached hydrogen (secondary N) is 2. The summed E-state index contributed by atoms with van der Waals surface area (Å²) in [5.74, 6) is -0.0565. The Hall–Kier alpha value is -1.77. The molecule has 0 unspecified atom stereocenters. The van der Waals surface area contributed by atoms with Crippen LogP contribution in [0.15, 0.2) is 30.9 Å². The van der Waals surface area contributed by atoms with Crippen molar-refractivity contribution in [3.8, 4) is 0 Å². The van der Waals surface area contributed by atoms with Crippen molar-refractivity contribution in [2.75, 3.05) is 17.2 Å². The molecule has 0 radical (unpaired) electrons. The Morgan fingerprint density at radius 1 is 1.53 bits per heavy atom. The zero-order chi connectivity index (χ0) is 11.3. The van der Waals surface area contributed by atoms with E-state index in [9.17, 15) is 4.79 Å². The van der Waals surface area contributed by atoms with E-state index in [-0.39, 0.29) is 5.91 Å². The first-order valence-electron chi connectivity index (χ1n) is 4.86. The van der Waals surface area contributed by atoms with Crippen LogP contribution < -0.4 is 10.6 Å². The van der Waals surface area contributed by atoms with Crippen LogP contribution in [-0.2, 0) is 4.79 Å². The standard InChI is InChI=1S/C12H16N2O/c1-4-7-13-11-6-5-9(2)12(8-11)14-10(3)15/h4-6,8,13H,1,7H2,2-3H3,(H,14,15). The van der Waals surface area contributed by atoms with Gasteiger partial charge in [-0.25, -0.2) is 0 Å². The largest absolute Gasteiger partial charge is 0.382 e. The van der Waals surface area contributed by atoms with Gasteiger partial charge < -0.3 is 10.6 Å². The van der Waals surface area contributed by atoms with Crippen molar-refractivity contribution in [3.05, 3.63) is 36.4 Å². The molecular weight excluding hydrogens is 188 g/mol. The maximum Gasteiger partial charge on any atom is 0.221 e. The molecule has 0 saturated heterocycles. The molecule has 1 rings (SSSR count). The molecule has 0 aliphatic rings. The molecule has 0 atom stereocenters. The van der Waals surface area contributed by atoms with Gasteiger partial charge in [0.15, 0.2) is 0 Å². The maximum atomic E-state index is 10.9. The lowest BCUT2D eigenvalue weighted by Crippen LogP contribution is -2.08. The summed E-state index contributed by atoms with van der Waals surface area (Å²) in [6, 6.07) is 5.86. The van der Waals surface area contributed by atoms with Crippen molar-refractivity contribution >= 4 is 17.3 Å². The normalized spacial score (nSPS) is 9.47. The number of hydrogen-bond acceptors (Lipinski definition) is 2. The van der Waals surface area contributed by atoms with E-state index in [1.807, 2.05) is 25.1 Å². The first-order chi connectivity index (χ1) is 7.13. The van der Waals surface area contributed by atoms with E-state index in [0.29, 0.717) is 6.54 Å².